The molecule has 0 aromatic heterocycles. The van der Waals surface area contributed by atoms with Gasteiger partial charge in [0.05, 0.1) is 46.5 Å². The standard InChI is InChI=1S/C30H38BrClN2O5S/c1-5-8-11-15-39-29(38)23-24-27(36)34(22(17-35)18(4)7-3)26(30(24)16-19(31)25(23)40-30)28(37)33(14-6-2)21-13-10-9-12-20(21)32/h5-6,9-10,12-13,18-19,22-26,35H,1-2,7-8,11,14-17H2,3-4H3/t18-,19?,22-,23+,24-,25+,26?,30?/m0/s1. The lowest BCUT2D eigenvalue weighted by Gasteiger charge is -2.41. The Morgan fingerprint density at radius 1 is 1.35 bits per heavy atom. The first-order chi connectivity index (χ1) is 19.2. The Morgan fingerprint density at radius 3 is 2.70 bits per heavy atom. The number of aliphatic hydroxyl groups is 1. The van der Waals surface area contributed by atoms with Crippen LogP contribution in [-0.4, -0.2) is 74.5 Å². The smallest absolute Gasteiger partial charge is 0.310 e. The number of carbonyl (C=O) groups excluding carboxylic acids is 3. The number of benzene rings is 1. The van der Waals surface area contributed by atoms with Crippen molar-refractivity contribution in [3.63, 3.8) is 0 Å². The number of thioether (sulfide) groups is 1. The van der Waals surface area contributed by atoms with Gasteiger partial charge < -0.3 is 19.6 Å². The molecule has 40 heavy (non-hydrogen) atoms. The van der Waals surface area contributed by atoms with E-state index in [-0.39, 0.29) is 47.6 Å². The van der Waals surface area contributed by atoms with Crippen LogP contribution in [0.1, 0.15) is 39.5 Å². The number of aliphatic hydroxyl groups excluding tert-OH is 1. The SMILES string of the molecule is C=CCCCOC(=O)[C@H]1[C@@H]2SC3(CC2Br)C(C(=O)N(CC=C)c2ccccc2Cl)N([C@@H](CO)[C@@H](C)CC)C(=O)[C@H]13. The van der Waals surface area contributed by atoms with E-state index in [1.54, 1.807) is 51.9 Å². The lowest BCUT2D eigenvalue weighted by Crippen LogP contribution is -2.59. The summed E-state index contributed by atoms with van der Waals surface area (Å²) >= 11 is 11.9. The van der Waals surface area contributed by atoms with E-state index in [2.05, 4.69) is 29.1 Å². The molecule has 3 heterocycles. The zero-order chi connectivity index (χ0) is 29.2. The van der Waals surface area contributed by atoms with Crippen LogP contribution in [0.4, 0.5) is 5.69 Å². The summed E-state index contributed by atoms with van der Waals surface area (Å²) in [6, 6.07) is 5.61. The van der Waals surface area contributed by atoms with Gasteiger partial charge in [-0.25, -0.2) is 0 Å². The fourth-order valence-electron chi connectivity index (χ4n) is 6.54. The molecule has 0 aliphatic carbocycles. The van der Waals surface area contributed by atoms with Crippen LogP contribution in [0, 0.1) is 17.8 Å². The molecule has 4 rings (SSSR count). The van der Waals surface area contributed by atoms with Crippen molar-refractivity contribution in [1.29, 1.82) is 0 Å². The van der Waals surface area contributed by atoms with Crippen molar-refractivity contribution in [3.05, 3.63) is 54.6 Å². The second-order valence-corrected chi connectivity index (χ2v) is 14.0. The number of esters is 1. The largest absolute Gasteiger partial charge is 0.465 e. The number of fused-ring (bicyclic) bond motifs is 1. The minimum atomic E-state index is -0.902. The van der Waals surface area contributed by atoms with Crippen LogP contribution in [0.3, 0.4) is 0 Å². The topological polar surface area (TPSA) is 87.2 Å². The molecule has 1 aromatic carbocycles. The molecule has 1 spiro atoms. The summed E-state index contributed by atoms with van der Waals surface area (Å²) < 4.78 is 4.81. The van der Waals surface area contributed by atoms with Crippen LogP contribution < -0.4 is 4.90 Å². The van der Waals surface area contributed by atoms with Gasteiger partial charge in [0.1, 0.15) is 6.04 Å². The van der Waals surface area contributed by atoms with Crippen molar-refractivity contribution in [2.24, 2.45) is 17.8 Å². The molecule has 218 valence electrons. The Morgan fingerprint density at radius 2 is 2.08 bits per heavy atom. The number of allylic oxidation sites excluding steroid dienone is 1. The number of alkyl halides is 1. The van der Waals surface area contributed by atoms with E-state index in [0.29, 0.717) is 30.0 Å². The molecule has 3 aliphatic heterocycles. The Balaban J connectivity index is 1.81. The highest BCUT2D eigenvalue weighted by Crippen LogP contribution is 2.68. The van der Waals surface area contributed by atoms with Gasteiger partial charge in [0.2, 0.25) is 5.91 Å². The van der Waals surface area contributed by atoms with Crippen molar-refractivity contribution in [1.82, 2.24) is 4.90 Å². The van der Waals surface area contributed by atoms with Crippen LogP contribution in [0.15, 0.2) is 49.6 Å². The Kier molecular flexibility index (Phi) is 10.1. The summed E-state index contributed by atoms with van der Waals surface area (Å²) in [4.78, 5) is 45.8. The summed E-state index contributed by atoms with van der Waals surface area (Å²) in [5, 5.41) is 10.8. The molecule has 1 N–H and O–H groups in total. The Hall–Kier alpha value is -1.81. The molecule has 10 heteroatoms. The van der Waals surface area contributed by atoms with Crippen LogP contribution in [0.25, 0.3) is 0 Å². The monoisotopic (exact) mass is 652 g/mol. The number of ether oxygens (including phenoxy) is 1. The number of unbranched alkanes of at least 4 members (excludes halogenated alkanes) is 1. The highest BCUT2D eigenvalue weighted by Gasteiger charge is 2.77. The van der Waals surface area contributed by atoms with Gasteiger partial charge in [-0.05, 0) is 37.3 Å². The molecule has 2 amide bonds. The van der Waals surface area contributed by atoms with E-state index in [4.69, 9.17) is 16.3 Å². The molecule has 8 atom stereocenters. The summed E-state index contributed by atoms with van der Waals surface area (Å²) in [5.41, 5.74) is 0.525. The normalized spacial score (nSPS) is 30.1. The number of hydrogen-bond acceptors (Lipinski definition) is 6. The molecule has 1 aromatic rings. The number of halogens is 2. The predicted octanol–water partition coefficient (Wildman–Crippen LogP) is 5.24. The van der Waals surface area contributed by atoms with Gasteiger partial charge >= 0.3 is 5.97 Å². The number of nitrogens with zero attached hydrogens (tertiary/aromatic N) is 2. The molecule has 3 unspecified atom stereocenters. The fourth-order valence-corrected chi connectivity index (χ4v) is 10.4. The molecule has 3 saturated heterocycles. The number of para-hydroxylation sites is 1. The van der Waals surface area contributed by atoms with Crippen molar-refractivity contribution < 1.29 is 24.2 Å². The average molecular weight is 654 g/mol. The summed E-state index contributed by atoms with van der Waals surface area (Å²) in [7, 11) is 0. The molecule has 7 nitrogen and oxygen atoms in total. The quantitative estimate of drug-likeness (QED) is 0.136. The predicted molar refractivity (Wildman–Crippen MR) is 164 cm³/mol. The maximum atomic E-state index is 14.7. The summed E-state index contributed by atoms with van der Waals surface area (Å²) in [6.45, 7) is 11.7. The molecule has 3 fully saturated rings. The number of rotatable bonds is 13. The minimum absolute atomic E-state index is 0.0704. The Bertz CT molecular complexity index is 1150. The third kappa shape index (κ3) is 5.27. The molecule has 0 radical (unpaired) electrons. The van der Waals surface area contributed by atoms with Gasteiger partial charge in [0, 0.05) is 16.6 Å². The van der Waals surface area contributed by atoms with E-state index >= 15 is 0 Å². The molecule has 2 bridgehead atoms. The molecule has 0 saturated carbocycles. The third-order valence-corrected chi connectivity index (χ3v) is 12.1. The second-order valence-electron chi connectivity index (χ2n) is 10.8. The van der Waals surface area contributed by atoms with Gasteiger partial charge in [-0.2, -0.15) is 0 Å². The number of likely N-dealkylation sites (tertiary alicyclic amines) is 1. The van der Waals surface area contributed by atoms with Crippen LogP contribution in [0.5, 0.6) is 0 Å². The molecular weight excluding hydrogens is 616 g/mol. The fraction of sp³-hybridized carbons (Fsp3) is 0.567. The zero-order valence-corrected chi connectivity index (χ0v) is 26.2. The minimum Gasteiger partial charge on any atom is -0.465 e. The number of carbonyl (C=O) groups is 3. The lowest BCUT2D eigenvalue weighted by atomic mass is 9.71. The van der Waals surface area contributed by atoms with Crippen LogP contribution in [-0.2, 0) is 19.1 Å². The van der Waals surface area contributed by atoms with Crippen LogP contribution >= 0.6 is 39.3 Å². The van der Waals surface area contributed by atoms with Gasteiger partial charge in [-0.3, -0.25) is 14.4 Å². The van der Waals surface area contributed by atoms with Crippen molar-refractivity contribution >= 4 is 62.8 Å². The van der Waals surface area contributed by atoms with Crippen molar-refractivity contribution in [2.45, 2.75) is 66.4 Å². The zero-order valence-electron chi connectivity index (χ0n) is 23.0. The van der Waals surface area contributed by atoms with E-state index < -0.39 is 34.6 Å². The maximum absolute atomic E-state index is 14.7. The first kappa shape index (κ1) is 31.1. The molecule has 3 aliphatic rings. The van der Waals surface area contributed by atoms with E-state index in [9.17, 15) is 19.5 Å². The highest BCUT2D eigenvalue weighted by molar-refractivity contribution is 9.09. The van der Waals surface area contributed by atoms with E-state index in [0.717, 1.165) is 6.42 Å². The summed E-state index contributed by atoms with van der Waals surface area (Å²) in [6.07, 6.45) is 6.03. The first-order valence-electron chi connectivity index (χ1n) is 13.9. The van der Waals surface area contributed by atoms with E-state index in [1.165, 1.54) is 0 Å². The Labute approximate surface area is 254 Å². The second kappa shape index (κ2) is 13.0. The average Bonchev–Trinajstić information content (AvgIpc) is 3.53. The number of anilines is 1. The third-order valence-electron chi connectivity index (χ3n) is 8.60. The van der Waals surface area contributed by atoms with Crippen molar-refractivity contribution in [2.75, 3.05) is 24.7 Å². The number of hydrogen-bond donors (Lipinski definition) is 1. The van der Waals surface area contributed by atoms with E-state index in [1.807, 2.05) is 19.9 Å². The van der Waals surface area contributed by atoms with Gasteiger partial charge in [0.15, 0.2) is 0 Å². The first-order valence-corrected chi connectivity index (χ1v) is 16.0. The molecular formula is C30H38BrClN2O5S. The number of amides is 2. The van der Waals surface area contributed by atoms with Gasteiger partial charge in [-0.15, -0.1) is 24.9 Å². The summed E-state index contributed by atoms with van der Waals surface area (Å²) in [5.74, 6) is -2.46. The lowest BCUT2D eigenvalue weighted by molar-refractivity contribution is -0.154. The maximum Gasteiger partial charge on any atom is 0.310 e. The van der Waals surface area contributed by atoms with Gasteiger partial charge in [0.25, 0.3) is 5.91 Å². The van der Waals surface area contributed by atoms with Crippen LogP contribution in [0.2, 0.25) is 5.02 Å². The highest BCUT2D eigenvalue weighted by atomic mass is 79.9. The van der Waals surface area contributed by atoms with Crippen molar-refractivity contribution in [3.8, 4) is 0 Å². The van der Waals surface area contributed by atoms with Gasteiger partial charge in [-0.1, -0.05) is 72.1 Å².